The number of aromatic nitrogens is 4. The lowest BCUT2D eigenvalue weighted by atomic mass is 10.1. The van der Waals surface area contributed by atoms with Crippen LogP contribution in [0.3, 0.4) is 0 Å². The highest BCUT2D eigenvalue weighted by atomic mass is 16.2. The quantitative estimate of drug-likeness (QED) is 0.586. The van der Waals surface area contributed by atoms with E-state index < -0.39 is 0 Å². The molecule has 3 heterocycles. The van der Waals surface area contributed by atoms with E-state index in [-0.39, 0.29) is 12.5 Å². The molecule has 0 spiro atoms. The number of carbonyl (C=O) groups is 1. The zero-order chi connectivity index (χ0) is 19.8. The molecule has 0 aliphatic heterocycles. The Morgan fingerprint density at radius 2 is 1.75 bits per heavy atom. The number of benzene rings is 1. The van der Waals surface area contributed by atoms with Gasteiger partial charge < -0.3 is 9.88 Å². The Hall–Kier alpha value is -3.41. The van der Waals surface area contributed by atoms with Crippen LogP contribution in [0.1, 0.15) is 22.4 Å². The minimum atomic E-state index is -0.132. The molecule has 1 N–H and O–H groups in total. The zero-order valence-electron chi connectivity index (χ0n) is 16.5. The van der Waals surface area contributed by atoms with Gasteiger partial charge in [0, 0.05) is 23.8 Å². The number of anilines is 1. The van der Waals surface area contributed by atoms with Gasteiger partial charge in [0.2, 0.25) is 5.91 Å². The summed E-state index contributed by atoms with van der Waals surface area (Å²) in [6, 6.07) is 11.8. The van der Waals surface area contributed by atoms with Crippen LogP contribution < -0.4 is 5.32 Å². The van der Waals surface area contributed by atoms with E-state index in [4.69, 9.17) is 5.10 Å². The van der Waals surface area contributed by atoms with Crippen molar-refractivity contribution in [3.63, 3.8) is 0 Å². The first-order valence-corrected chi connectivity index (χ1v) is 9.27. The molecule has 142 valence electrons. The first-order chi connectivity index (χ1) is 13.4. The molecule has 0 saturated carbocycles. The minimum Gasteiger partial charge on any atom is -0.324 e. The van der Waals surface area contributed by atoms with Crippen LogP contribution in [0.4, 0.5) is 5.69 Å². The summed E-state index contributed by atoms with van der Waals surface area (Å²) in [7, 11) is 0. The second-order valence-electron chi connectivity index (χ2n) is 7.20. The molecule has 0 radical (unpaired) electrons. The number of nitrogens with one attached hydrogen (secondary N) is 1. The van der Waals surface area contributed by atoms with Crippen LogP contribution in [0, 0.1) is 27.7 Å². The van der Waals surface area contributed by atoms with Crippen molar-refractivity contribution in [2.24, 2.45) is 0 Å². The van der Waals surface area contributed by atoms with Crippen LogP contribution >= 0.6 is 0 Å². The van der Waals surface area contributed by atoms with Crippen LogP contribution in [0.2, 0.25) is 0 Å². The topological polar surface area (TPSA) is 64.7 Å². The van der Waals surface area contributed by atoms with Gasteiger partial charge >= 0.3 is 0 Å². The van der Waals surface area contributed by atoms with Gasteiger partial charge in [0.1, 0.15) is 6.54 Å². The lowest BCUT2D eigenvalue weighted by Crippen LogP contribution is -2.20. The highest BCUT2D eigenvalue weighted by molar-refractivity contribution is 5.93. The maximum atomic E-state index is 12.7. The number of carbonyl (C=O) groups excluding carboxylic acids is 1. The Kier molecular flexibility index (Phi) is 4.47. The molecule has 3 aromatic heterocycles. The summed E-state index contributed by atoms with van der Waals surface area (Å²) < 4.78 is 3.63. The Labute approximate surface area is 163 Å². The van der Waals surface area contributed by atoms with Gasteiger partial charge in [-0.2, -0.15) is 5.10 Å². The zero-order valence-corrected chi connectivity index (χ0v) is 16.5. The second-order valence-corrected chi connectivity index (χ2v) is 7.20. The van der Waals surface area contributed by atoms with Crippen LogP contribution in [0.15, 0.2) is 48.8 Å². The Bertz CT molecular complexity index is 1170. The number of amides is 1. The maximum absolute atomic E-state index is 12.7. The molecule has 4 rings (SSSR count). The second kappa shape index (κ2) is 6.96. The largest absolute Gasteiger partial charge is 0.324 e. The lowest BCUT2D eigenvalue weighted by Gasteiger charge is -2.08. The van der Waals surface area contributed by atoms with Crippen molar-refractivity contribution in [1.82, 2.24) is 19.3 Å². The molecule has 0 bridgehead atoms. The van der Waals surface area contributed by atoms with Crippen molar-refractivity contribution >= 4 is 22.6 Å². The number of pyridine rings is 1. The molecule has 0 atom stereocenters. The van der Waals surface area contributed by atoms with Crippen molar-refractivity contribution in [2.45, 2.75) is 34.2 Å². The van der Waals surface area contributed by atoms with Gasteiger partial charge in [-0.05, 0) is 74.7 Å². The summed E-state index contributed by atoms with van der Waals surface area (Å²) in [5.41, 5.74) is 5.84. The van der Waals surface area contributed by atoms with E-state index in [9.17, 15) is 4.79 Å². The van der Waals surface area contributed by atoms with E-state index in [1.807, 2.05) is 74.1 Å². The molecule has 1 amide bonds. The van der Waals surface area contributed by atoms with Crippen molar-refractivity contribution in [1.29, 1.82) is 0 Å². The predicted octanol–water partition coefficient (Wildman–Crippen LogP) is 4.09. The Balaban J connectivity index is 1.70. The smallest absolute Gasteiger partial charge is 0.246 e. The van der Waals surface area contributed by atoms with E-state index in [1.165, 1.54) is 5.56 Å². The monoisotopic (exact) mass is 373 g/mol. The third kappa shape index (κ3) is 3.29. The van der Waals surface area contributed by atoms with Gasteiger partial charge in [-0.1, -0.05) is 6.07 Å². The molecule has 0 aliphatic rings. The number of hydrogen-bond acceptors (Lipinski definition) is 3. The van der Waals surface area contributed by atoms with Gasteiger partial charge in [0.05, 0.1) is 5.39 Å². The first-order valence-electron chi connectivity index (χ1n) is 9.27. The van der Waals surface area contributed by atoms with E-state index in [1.54, 1.807) is 4.68 Å². The molecule has 6 nitrogen and oxygen atoms in total. The third-order valence-electron chi connectivity index (χ3n) is 4.94. The number of rotatable bonds is 4. The summed E-state index contributed by atoms with van der Waals surface area (Å²) in [5.74, 6) is 0.650. The highest BCUT2D eigenvalue weighted by Gasteiger charge is 2.18. The van der Waals surface area contributed by atoms with Crippen LogP contribution in [0.5, 0.6) is 0 Å². The molecule has 0 saturated heterocycles. The van der Waals surface area contributed by atoms with Crippen LogP contribution in [-0.4, -0.2) is 25.2 Å². The number of nitrogens with zero attached hydrogens (tertiary/aromatic N) is 4. The van der Waals surface area contributed by atoms with Gasteiger partial charge in [-0.25, -0.2) is 9.67 Å². The van der Waals surface area contributed by atoms with Crippen molar-refractivity contribution in [2.75, 3.05) is 5.32 Å². The molecular formula is C22H23N5O. The lowest BCUT2D eigenvalue weighted by molar-refractivity contribution is -0.116. The molecule has 0 aliphatic carbocycles. The van der Waals surface area contributed by atoms with E-state index >= 15 is 0 Å². The number of aryl methyl sites for hydroxylation is 4. The van der Waals surface area contributed by atoms with E-state index in [0.717, 1.165) is 39.4 Å². The fourth-order valence-electron chi connectivity index (χ4n) is 3.41. The predicted molar refractivity (Wildman–Crippen MR) is 111 cm³/mol. The summed E-state index contributed by atoms with van der Waals surface area (Å²) in [6.45, 7) is 8.18. The molecule has 28 heavy (non-hydrogen) atoms. The molecule has 6 heteroatoms. The van der Waals surface area contributed by atoms with Gasteiger partial charge in [-0.3, -0.25) is 4.79 Å². The Morgan fingerprint density at radius 3 is 2.46 bits per heavy atom. The molecular weight excluding hydrogens is 350 g/mol. The van der Waals surface area contributed by atoms with Crippen molar-refractivity contribution in [3.05, 3.63) is 71.2 Å². The van der Waals surface area contributed by atoms with Crippen LogP contribution in [0.25, 0.3) is 16.9 Å². The summed E-state index contributed by atoms with van der Waals surface area (Å²) >= 11 is 0. The van der Waals surface area contributed by atoms with E-state index in [2.05, 4.69) is 17.2 Å². The standard InChI is InChI=1S/C22H23N5O/c1-14-7-8-18(12-15(14)2)24-19(28)13-27-21-20(16(3)11-17(4)23-21)22(25-27)26-9-5-6-10-26/h5-12H,13H2,1-4H3,(H,24,28). The third-order valence-corrected chi connectivity index (χ3v) is 4.94. The van der Waals surface area contributed by atoms with Crippen molar-refractivity contribution < 1.29 is 4.79 Å². The van der Waals surface area contributed by atoms with Gasteiger partial charge in [-0.15, -0.1) is 0 Å². The molecule has 1 aromatic carbocycles. The van der Waals surface area contributed by atoms with Crippen LogP contribution in [-0.2, 0) is 11.3 Å². The summed E-state index contributed by atoms with van der Waals surface area (Å²) in [5, 5.41) is 8.62. The summed E-state index contributed by atoms with van der Waals surface area (Å²) in [4.78, 5) is 17.3. The number of fused-ring (bicyclic) bond motifs is 1. The molecule has 0 fully saturated rings. The average Bonchev–Trinajstić information content (AvgIpc) is 3.27. The maximum Gasteiger partial charge on any atom is 0.246 e. The minimum absolute atomic E-state index is 0.0978. The normalized spacial score (nSPS) is 11.1. The SMILES string of the molecule is Cc1cc(C)c2c(-n3cccc3)nn(CC(=O)Nc3ccc(C)c(C)c3)c2n1. The van der Waals surface area contributed by atoms with Gasteiger partial charge in [0.15, 0.2) is 11.5 Å². The van der Waals surface area contributed by atoms with Crippen molar-refractivity contribution in [3.8, 4) is 5.82 Å². The average molecular weight is 373 g/mol. The fourth-order valence-corrected chi connectivity index (χ4v) is 3.41. The first kappa shape index (κ1) is 18.0. The van der Waals surface area contributed by atoms with Gasteiger partial charge in [0.25, 0.3) is 0 Å². The number of hydrogen-bond donors (Lipinski definition) is 1. The molecule has 4 aromatic rings. The van der Waals surface area contributed by atoms with E-state index in [0.29, 0.717) is 0 Å². The molecule has 0 unspecified atom stereocenters. The fraction of sp³-hybridized carbons (Fsp3) is 0.227. The summed E-state index contributed by atoms with van der Waals surface area (Å²) in [6.07, 6.45) is 3.89. The Morgan fingerprint density at radius 1 is 1.00 bits per heavy atom. The highest BCUT2D eigenvalue weighted by Crippen LogP contribution is 2.25.